The van der Waals surface area contributed by atoms with Crippen LogP contribution in [0.15, 0.2) is 18.2 Å². The lowest BCUT2D eigenvalue weighted by atomic mass is 9.96. The van der Waals surface area contributed by atoms with Crippen molar-refractivity contribution in [2.45, 2.75) is 18.3 Å². The first-order chi connectivity index (χ1) is 7.75. The third-order valence-corrected chi connectivity index (χ3v) is 3.63. The molecule has 2 heteroatoms. The minimum atomic E-state index is 0.0211. The van der Waals surface area contributed by atoms with Gasteiger partial charge in [0.05, 0.1) is 17.6 Å². The van der Waals surface area contributed by atoms with Crippen LogP contribution < -0.4 is 9.64 Å². The van der Waals surface area contributed by atoms with Gasteiger partial charge in [-0.25, -0.2) is 0 Å². The number of anilines is 1. The van der Waals surface area contributed by atoms with Crippen LogP contribution in [-0.4, -0.2) is 20.2 Å². The second kappa shape index (κ2) is 3.18. The van der Waals surface area contributed by atoms with Gasteiger partial charge >= 0.3 is 0 Å². The van der Waals surface area contributed by atoms with E-state index in [0.717, 1.165) is 31.7 Å². The number of ether oxygens (including phenoxy) is 1. The molecule has 1 aliphatic carbocycles. The van der Waals surface area contributed by atoms with Gasteiger partial charge in [-0.1, -0.05) is 12.0 Å². The van der Waals surface area contributed by atoms with Crippen LogP contribution >= 0.6 is 0 Å². The van der Waals surface area contributed by atoms with E-state index in [2.05, 4.69) is 36.1 Å². The number of nitrogens with zero attached hydrogens (tertiary/aromatic N) is 1. The van der Waals surface area contributed by atoms with E-state index in [1.165, 1.54) is 11.3 Å². The fourth-order valence-corrected chi connectivity index (χ4v) is 2.29. The third-order valence-electron chi connectivity index (χ3n) is 3.63. The topological polar surface area (TPSA) is 12.5 Å². The van der Waals surface area contributed by atoms with Gasteiger partial charge in [0.15, 0.2) is 0 Å². The molecule has 1 fully saturated rings. The lowest BCUT2D eigenvalue weighted by molar-refractivity contribution is 0.311. The molecule has 0 amide bonds. The molecule has 0 bridgehead atoms. The van der Waals surface area contributed by atoms with Gasteiger partial charge in [-0.15, -0.1) is 6.42 Å². The van der Waals surface area contributed by atoms with Gasteiger partial charge in [0, 0.05) is 7.05 Å². The smallest absolute Gasteiger partial charge is 0.142 e. The quantitative estimate of drug-likeness (QED) is 0.663. The van der Waals surface area contributed by atoms with Crippen LogP contribution in [0, 0.1) is 12.3 Å². The average molecular weight is 213 g/mol. The zero-order chi connectivity index (χ0) is 11.2. The first kappa shape index (κ1) is 9.59. The largest absolute Gasteiger partial charge is 0.490 e. The molecule has 82 valence electrons. The summed E-state index contributed by atoms with van der Waals surface area (Å²) in [6.07, 6.45) is 7.85. The van der Waals surface area contributed by atoms with Crippen molar-refractivity contribution in [1.82, 2.24) is 0 Å². The van der Waals surface area contributed by atoms with Crippen LogP contribution in [0.1, 0.15) is 18.4 Å². The van der Waals surface area contributed by atoms with E-state index < -0.39 is 0 Å². The van der Waals surface area contributed by atoms with Crippen molar-refractivity contribution in [3.63, 3.8) is 0 Å². The number of rotatable bonds is 1. The maximum absolute atomic E-state index is 5.62. The highest BCUT2D eigenvalue weighted by Crippen LogP contribution is 2.49. The third kappa shape index (κ3) is 1.28. The molecule has 0 spiro atoms. The summed E-state index contributed by atoms with van der Waals surface area (Å²) in [5.74, 6) is 3.91. The Morgan fingerprint density at radius 1 is 1.44 bits per heavy atom. The molecule has 0 unspecified atom stereocenters. The predicted molar refractivity (Wildman–Crippen MR) is 65.0 cm³/mol. The van der Waals surface area contributed by atoms with Gasteiger partial charge < -0.3 is 9.64 Å². The van der Waals surface area contributed by atoms with Gasteiger partial charge in [-0.3, -0.25) is 0 Å². The van der Waals surface area contributed by atoms with E-state index >= 15 is 0 Å². The minimum Gasteiger partial charge on any atom is -0.490 e. The molecule has 2 nitrogen and oxygen atoms in total. The Hall–Kier alpha value is -1.62. The maximum Gasteiger partial charge on any atom is 0.142 e. The highest BCUT2D eigenvalue weighted by molar-refractivity contribution is 5.63. The van der Waals surface area contributed by atoms with Gasteiger partial charge in [0.2, 0.25) is 0 Å². The molecule has 1 aromatic rings. The first-order valence-corrected chi connectivity index (χ1v) is 5.71. The minimum absolute atomic E-state index is 0.0211. The fourth-order valence-electron chi connectivity index (χ4n) is 2.29. The lowest BCUT2D eigenvalue weighted by Gasteiger charge is -2.28. The molecule has 1 heterocycles. The van der Waals surface area contributed by atoms with E-state index in [4.69, 9.17) is 11.2 Å². The van der Waals surface area contributed by atoms with E-state index in [1.54, 1.807) is 0 Å². The van der Waals surface area contributed by atoms with Crippen molar-refractivity contribution >= 4 is 5.69 Å². The van der Waals surface area contributed by atoms with E-state index in [9.17, 15) is 0 Å². The summed E-state index contributed by atoms with van der Waals surface area (Å²) in [6.45, 7) is 1.71. The molecule has 0 radical (unpaired) electrons. The number of fused-ring (bicyclic) bond motifs is 1. The van der Waals surface area contributed by atoms with E-state index in [0.29, 0.717) is 0 Å². The normalized spacial score (nSPS) is 20.6. The monoisotopic (exact) mass is 213 g/mol. The van der Waals surface area contributed by atoms with Crippen LogP contribution in [0.5, 0.6) is 5.75 Å². The molecule has 2 aliphatic rings. The highest BCUT2D eigenvalue weighted by atomic mass is 16.5. The maximum atomic E-state index is 5.62. The number of hydrogen-bond acceptors (Lipinski definition) is 2. The summed E-state index contributed by atoms with van der Waals surface area (Å²) in [4.78, 5) is 2.23. The summed E-state index contributed by atoms with van der Waals surface area (Å²) in [5, 5.41) is 0. The molecule has 1 saturated carbocycles. The molecule has 0 atom stereocenters. The molecule has 3 rings (SSSR count). The predicted octanol–water partition coefficient (Wildman–Crippen LogP) is 2.18. The van der Waals surface area contributed by atoms with Crippen LogP contribution in [0.3, 0.4) is 0 Å². The second-order valence-corrected chi connectivity index (χ2v) is 4.68. The second-order valence-electron chi connectivity index (χ2n) is 4.68. The molecule has 1 aliphatic heterocycles. The Morgan fingerprint density at radius 3 is 2.94 bits per heavy atom. The van der Waals surface area contributed by atoms with E-state index in [1.807, 2.05) is 0 Å². The number of likely N-dealkylation sites (N-methyl/N-ethyl adjacent to an activating group) is 1. The summed E-state index contributed by atoms with van der Waals surface area (Å²) < 4.78 is 5.62. The van der Waals surface area contributed by atoms with Gasteiger partial charge in [-0.2, -0.15) is 0 Å². The van der Waals surface area contributed by atoms with Crippen molar-refractivity contribution in [3.8, 4) is 18.1 Å². The molecule has 16 heavy (non-hydrogen) atoms. The standard InChI is InChI=1S/C14H15NO/c1-3-14(6-7-14)11-4-5-13-12(10-11)15(2)8-9-16-13/h1,4-5,10H,6-9H2,2H3. The van der Waals surface area contributed by atoms with Gasteiger partial charge in [0.1, 0.15) is 12.4 Å². The van der Waals surface area contributed by atoms with Crippen molar-refractivity contribution in [1.29, 1.82) is 0 Å². The Labute approximate surface area is 96.2 Å². The Morgan fingerprint density at radius 2 is 2.25 bits per heavy atom. The Bertz CT molecular complexity index is 468. The summed E-state index contributed by atoms with van der Waals surface area (Å²) >= 11 is 0. The molecule has 0 aromatic heterocycles. The van der Waals surface area contributed by atoms with Crippen molar-refractivity contribution in [3.05, 3.63) is 23.8 Å². The summed E-state index contributed by atoms with van der Waals surface area (Å²) in [7, 11) is 2.10. The van der Waals surface area contributed by atoms with Crippen LogP contribution in [0.2, 0.25) is 0 Å². The zero-order valence-electron chi connectivity index (χ0n) is 9.49. The number of benzene rings is 1. The molecule has 1 aromatic carbocycles. The molecule has 0 saturated heterocycles. The fraction of sp³-hybridized carbons (Fsp3) is 0.429. The Kier molecular flexibility index (Phi) is 1.91. The van der Waals surface area contributed by atoms with Gasteiger partial charge in [-0.05, 0) is 30.5 Å². The first-order valence-electron chi connectivity index (χ1n) is 5.71. The summed E-state index contributed by atoms with van der Waals surface area (Å²) in [6, 6.07) is 6.37. The van der Waals surface area contributed by atoms with Crippen LogP contribution in [0.4, 0.5) is 5.69 Å². The van der Waals surface area contributed by atoms with Crippen molar-refractivity contribution < 1.29 is 4.74 Å². The molecule has 0 N–H and O–H groups in total. The van der Waals surface area contributed by atoms with Gasteiger partial charge in [0.25, 0.3) is 0 Å². The number of terminal acetylenes is 1. The zero-order valence-corrected chi connectivity index (χ0v) is 9.49. The highest BCUT2D eigenvalue weighted by Gasteiger charge is 2.43. The average Bonchev–Trinajstić information content (AvgIpc) is 3.10. The molecular formula is C14H15NO. The SMILES string of the molecule is C#CC1(c2ccc3c(c2)N(C)CCO3)CC1. The van der Waals surface area contributed by atoms with E-state index in [-0.39, 0.29) is 5.41 Å². The van der Waals surface area contributed by atoms with Crippen LogP contribution in [-0.2, 0) is 5.41 Å². The number of hydrogen-bond donors (Lipinski definition) is 0. The van der Waals surface area contributed by atoms with Crippen molar-refractivity contribution in [2.75, 3.05) is 25.1 Å². The summed E-state index contributed by atoms with van der Waals surface area (Å²) in [5.41, 5.74) is 2.46. The van der Waals surface area contributed by atoms with Crippen molar-refractivity contribution in [2.24, 2.45) is 0 Å². The Balaban J connectivity index is 2.05. The lowest BCUT2D eigenvalue weighted by Crippen LogP contribution is -2.29. The molecular weight excluding hydrogens is 198 g/mol. The van der Waals surface area contributed by atoms with Crippen LogP contribution in [0.25, 0.3) is 0 Å².